The summed E-state index contributed by atoms with van der Waals surface area (Å²) in [5, 5.41) is 0. The molecule has 84 valence electrons. The van der Waals surface area contributed by atoms with Crippen LogP contribution in [0.1, 0.15) is 12.5 Å². The molecule has 1 amide bonds. The van der Waals surface area contributed by atoms with Gasteiger partial charge in [0.15, 0.2) is 0 Å². The number of primary amides is 1. The molecule has 1 aromatic carbocycles. The lowest BCUT2D eigenvalue weighted by molar-refractivity contribution is -0.139. The molecule has 1 rings (SSSR count). The molecule has 0 radical (unpaired) electrons. The second-order valence-corrected chi connectivity index (χ2v) is 3.05. The summed E-state index contributed by atoms with van der Waals surface area (Å²) in [6.45, 7) is 1.87. The van der Waals surface area contributed by atoms with Gasteiger partial charge in [-0.05, 0) is 18.6 Å². The molecule has 0 saturated heterocycles. The minimum absolute atomic E-state index is 0.145. The van der Waals surface area contributed by atoms with E-state index in [1.165, 1.54) is 6.08 Å². The summed E-state index contributed by atoms with van der Waals surface area (Å²) in [7, 11) is 0. The van der Waals surface area contributed by atoms with E-state index in [0.29, 0.717) is 0 Å². The SMILES string of the molecule is CCOC(=O)C(=Cc1ccccc1)C(N)=O. The number of amides is 1. The molecule has 0 aliphatic carbocycles. The number of hydrogen-bond acceptors (Lipinski definition) is 3. The highest BCUT2D eigenvalue weighted by molar-refractivity contribution is 6.19. The Labute approximate surface area is 93.7 Å². The lowest BCUT2D eigenvalue weighted by Crippen LogP contribution is -2.22. The standard InChI is InChI=1S/C12H13NO3/c1-2-16-12(15)10(11(13)14)8-9-6-4-3-5-7-9/h3-8H,2H2,1H3,(H2,13,14). The first-order chi connectivity index (χ1) is 7.65. The van der Waals surface area contributed by atoms with Crippen LogP contribution in [0.4, 0.5) is 0 Å². The molecule has 0 spiro atoms. The fourth-order valence-corrected chi connectivity index (χ4v) is 1.16. The number of benzene rings is 1. The number of hydrogen-bond donors (Lipinski definition) is 1. The summed E-state index contributed by atoms with van der Waals surface area (Å²) in [5.74, 6) is -1.49. The van der Waals surface area contributed by atoms with Crippen molar-refractivity contribution >= 4 is 18.0 Å². The van der Waals surface area contributed by atoms with Gasteiger partial charge in [-0.1, -0.05) is 30.3 Å². The van der Waals surface area contributed by atoms with Crippen molar-refractivity contribution in [1.82, 2.24) is 0 Å². The van der Waals surface area contributed by atoms with Gasteiger partial charge in [-0.2, -0.15) is 0 Å². The smallest absolute Gasteiger partial charge is 0.343 e. The molecule has 0 bridgehead atoms. The zero-order chi connectivity index (χ0) is 12.0. The summed E-state index contributed by atoms with van der Waals surface area (Å²) in [4.78, 5) is 22.5. The van der Waals surface area contributed by atoms with Crippen LogP contribution in [0.5, 0.6) is 0 Å². The Hall–Kier alpha value is -2.10. The van der Waals surface area contributed by atoms with Gasteiger partial charge in [0.2, 0.25) is 0 Å². The maximum Gasteiger partial charge on any atom is 0.343 e. The lowest BCUT2D eigenvalue weighted by atomic mass is 10.1. The van der Waals surface area contributed by atoms with Crippen LogP contribution in [0.3, 0.4) is 0 Å². The van der Waals surface area contributed by atoms with Crippen molar-refractivity contribution in [3.8, 4) is 0 Å². The quantitative estimate of drug-likeness (QED) is 0.357. The Kier molecular flexibility index (Phi) is 4.27. The first kappa shape index (κ1) is 12.0. The minimum Gasteiger partial charge on any atom is -0.462 e. The molecule has 0 heterocycles. The third-order valence-corrected chi connectivity index (χ3v) is 1.87. The number of carbonyl (C=O) groups is 2. The van der Waals surface area contributed by atoms with Crippen molar-refractivity contribution in [3.05, 3.63) is 41.5 Å². The van der Waals surface area contributed by atoms with Crippen molar-refractivity contribution in [2.45, 2.75) is 6.92 Å². The normalized spacial score (nSPS) is 10.9. The summed E-state index contributed by atoms with van der Waals surface area (Å²) in [6.07, 6.45) is 1.42. The van der Waals surface area contributed by atoms with Crippen LogP contribution in [-0.2, 0) is 14.3 Å². The maximum atomic E-state index is 11.4. The van der Waals surface area contributed by atoms with E-state index in [2.05, 4.69) is 0 Å². The lowest BCUT2D eigenvalue weighted by Gasteiger charge is -2.03. The van der Waals surface area contributed by atoms with Crippen molar-refractivity contribution < 1.29 is 14.3 Å². The number of nitrogens with two attached hydrogens (primary N) is 1. The van der Waals surface area contributed by atoms with E-state index in [9.17, 15) is 9.59 Å². The third kappa shape index (κ3) is 3.24. The van der Waals surface area contributed by atoms with Crippen LogP contribution in [0.25, 0.3) is 6.08 Å². The predicted molar refractivity (Wildman–Crippen MR) is 60.2 cm³/mol. The van der Waals surface area contributed by atoms with E-state index in [0.717, 1.165) is 5.56 Å². The summed E-state index contributed by atoms with van der Waals surface area (Å²) >= 11 is 0. The zero-order valence-electron chi connectivity index (χ0n) is 8.97. The van der Waals surface area contributed by atoms with Crippen LogP contribution >= 0.6 is 0 Å². The molecule has 1 aromatic rings. The fourth-order valence-electron chi connectivity index (χ4n) is 1.16. The van der Waals surface area contributed by atoms with E-state index in [-0.39, 0.29) is 12.2 Å². The second kappa shape index (κ2) is 5.70. The van der Waals surface area contributed by atoms with E-state index < -0.39 is 11.9 Å². The average molecular weight is 219 g/mol. The molecule has 0 atom stereocenters. The van der Waals surface area contributed by atoms with Gasteiger partial charge in [0.1, 0.15) is 5.57 Å². The molecule has 0 unspecified atom stereocenters. The third-order valence-electron chi connectivity index (χ3n) is 1.87. The van der Waals surface area contributed by atoms with Gasteiger partial charge in [0.25, 0.3) is 5.91 Å². The van der Waals surface area contributed by atoms with Crippen LogP contribution in [-0.4, -0.2) is 18.5 Å². The molecule has 4 nitrogen and oxygen atoms in total. The molecule has 0 saturated carbocycles. The number of rotatable bonds is 4. The first-order valence-electron chi connectivity index (χ1n) is 4.88. The molecular formula is C12H13NO3. The Morgan fingerprint density at radius 3 is 2.44 bits per heavy atom. The Morgan fingerprint density at radius 2 is 1.94 bits per heavy atom. The van der Waals surface area contributed by atoms with Gasteiger partial charge < -0.3 is 10.5 Å². The average Bonchev–Trinajstić information content (AvgIpc) is 2.27. The van der Waals surface area contributed by atoms with E-state index in [1.807, 2.05) is 6.07 Å². The first-order valence-corrected chi connectivity index (χ1v) is 4.88. The van der Waals surface area contributed by atoms with Crippen LogP contribution in [0.15, 0.2) is 35.9 Å². The minimum atomic E-state index is -0.790. The Bertz CT molecular complexity index is 410. The Balaban J connectivity index is 2.99. The van der Waals surface area contributed by atoms with Crippen molar-refractivity contribution in [3.63, 3.8) is 0 Å². The highest BCUT2D eigenvalue weighted by Crippen LogP contribution is 2.07. The van der Waals surface area contributed by atoms with Crippen LogP contribution in [0, 0.1) is 0 Å². The monoisotopic (exact) mass is 219 g/mol. The topological polar surface area (TPSA) is 69.4 Å². The molecule has 2 N–H and O–H groups in total. The molecule has 0 aliphatic rings. The largest absolute Gasteiger partial charge is 0.462 e. The van der Waals surface area contributed by atoms with Crippen molar-refractivity contribution in [2.24, 2.45) is 5.73 Å². The highest BCUT2D eigenvalue weighted by Gasteiger charge is 2.16. The number of ether oxygens (including phenoxy) is 1. The number of esters is 1. The Morgan fingerprint density at radius 1 is 1.31 bits per heavy atom. The number of carbonyl (C=O) groups excluding carboxylic acids is 2. The summed E-state index contributed by atoms with van der Waals surface area (Å²) in [6, 6.07) is 8.97. The van der Waals surface area contributed by atoms with Gasteiger partial charge in [-0.3, -0.25) is 4.79 Å². The van der Waals surface area contributed by atoms with Crippen molar-refractivity contribution in [1.29, 1.82) is 0 Å². The van der Waals surface area contributed by atoms with Crippen LogP contribution < -0.4 is 5.73 Å². The van der Waals surface area contributed by atoms with Gasteiger partial charge in [-0.25, -0.2) is 4.79 Å². The van der Waals surface area contributed by atoms with E-state index >= 15 is 0 Å². The highest BCUT2D eigenvalue weighted by atomic mass is 16.5. The van der Waals surface area contributed by atoms with Gasteiger partial charge in [-0.15, -0.1) is 0 Å². The summed E-state index contributed by atoms with van der Waals surface area (Å²) < 4.78 is 4.73. The maximum absolute atomic E-state index is 11.4. The second-order valence-electron chi connectivity index (χ2n) is 3.05. The predicted octanol–water partition coefficient (Wildman–Crippen LogP) is 1.12. The van der Waals surface area contributed by atoms with E-state index in [4.69, 9.17) is 10.5 Å². The van der Waals surface area contributed by atoms with E-state index in [1.54, 1.807) is 31.2 Å². The molecule has 0 aliphatic heterocycles. The van der Waals surface area contributed by atoms with Crippen LogP contribution in [0.2, 0.25) is 0 Å². The molecule has 0 aromatic heterocycles. The zero-order valence-corrected chi connectivity index (χ0v) is 8.97. The molecular weight excluding hydrogens is 206 g/mol. The van der Waals surface area contributed by atoms with Gasteiger partial charge in [0.05, 0.1) is 6.61 Å². The molecule has 16 heavy (non-hydrogen) atoms. The van der Waals surface area contributed by atoms with Gasteiger partial charge >= 0.3 is 5.97 Å². The van der Waals surface area contributed by atoms with Crippen molar-refractivity contribution in [2.75, 3.05) is 6.61 Å². The summed E-state index contributed by atoms with van der Waals surface area (Å²) in [5.41, 5.74) is 5.69. The molecule has 4 heteroatoms. The fraction of sp³-hybridized carbons (Fsp3) is 0.167. The van der Waals surface area contributed by atoms with Gasteiger partial charge in [0, 0.05) is 0 Å². The molecule has 0 fully saturated rings.